The molecule has 0 amide bonds. The van der Waals surface area contributed by atoms with Gasteiger partial charge in [-0.2, -0.15) is 0 Å². The van der Waals surface area contributed by atoms with Crippen molar-refractivity contribution in [2.24, 2.45) is 0 Å². The van der Waals surface area contributed by atoms with Gasteiger partial charge in [-0.1, -0.05) is 83.3 Å². The molecule has 0 fully saturated rings. The molecule has 3 aromatic carbocycles. The summed E-state index contributed by atoms with van der Waals surface area (Å²) in [7, 11) is 0. The zero-order valence-electron chi connectivity index (χ0n) is 17.1. The highest BCUT2D eigenvalue weighted by atomic mass is 32.1. The van der Waals surface area contributed by atoms with Crippen molar-refractivity contribution in [1.29, 1.82) is 0 Å². The first-order valence-corrected chi connectivity index (χ1v) is 11.8. The van der Waals surface area contributed by atoms with Crippen molar-refractivity contribution in [3.63, 3.8) is 0 Å². The molecule has 0 unspecified atom stereocenters. The van der Waals surface area contributed by atoms with Crippen LogP contribution in [0, 0.1) is 0 Å². The second-order valence-electron chi connectivity index (χ2n) is 7.15. The zero-order chi connectivity index (χ0) is 21.6. The molecule has 0 bridgehead atoms. The first kappa shape index (κ1) is 20.3. The number of nitrogens with one attached hydrogen (secondary N) is 2. The summed E-state index contributed by atoms with van der Waals surface area (Å²) in [5.74, 6) is 0. The number of para-hydroxylation sites is 2. The Balaban J connectivity index is 1.17. The minimum absolute atomic E-state index is 0.762. The Morgan fingerprint density at radius 3 is 1.31 bits per heavy atom. The van der Waals surface area contributed by atoms with Crippen LogP contribution in [0.15, 0.2) is 84.9 Å². The van der Waals surface area contributed by atoms with Gasteiger partial charge in [0, 0.05) is 24.2 Å². The summed E-state index contributed by atoms with van der Waals surface area (Å²) in [6.45, 7) is 0. The highest BCUT2D eigenvalue weighted by molar-refractivity contribution is 7.15. The molecular formula is C24H20N6S2. The van der Waals surface area contributed by atoms with E-state index in [1.54, 1.807) is 22.7 Å². The molecular weight excluding hydrogens is 436 g/mol. The van der Waals surface area contributed by atoms with Crippen LogP contribution in [0.2, 0.25) is 0 Å². The van der Waals surface area contributed by atoms with Crippen LogP contribution in [0.1, 0.15) is 21.1 Å². The summed E-state index contributed by atoms with van der Waals surface area (Å²) in [6.07, 6.45) is 1.52. The molecule has 0 atom stereocenters. The molecule has 5 aromatic rings. The maximum absolute atomic E-state index is 4.32. The Labute approximate surface area is 194 Å². The van der Waals surface area contributed by atoms with Crippen LogP contribution >= 0.6 is 22.7 Å². The third kappa shape index (κ3) is 5.35. The van der Waals surface area contributed by atoms with E-state index in [1.165, 1.54) is 11.1 Å². The maximum atomic E-state index is 4.32. The Bertz CT molecular complexity index is 1170. The van der Waals surface area contributed by atoms with E-state index in [1.807, 2.05) is 60.7 Å². The van der Waals surface area contributed by atoms with Gasteiger partial charge in [0.2, 0.25) is 10.3 Å². The van der Waals surface area contributed by atoms with Crippen molar-refractivity contribution in [1.82, 2.24) is 20.4 Å². The largest absolute Gasteiger partial charge is 0.330 e. The Kier molecular flexibility index (Phi) is 6.13. The fourth-order valence-electron chi connectivity index (χ4n) is 3.17. The summed E-state index contributed by atoms with van der Waals surface area (Å²) in [5.41, 5.74) is 4.44. The van der Waals surface area contributed by atoms with Gasteiger partial charge in [0.05, 0.1) is 0 Å². The lowest BCUT2D eigenvalue weighted by molar-refractivity contribution is 0.996. The van der Waals surface area contributed by atoms with E-state index in [0.717, 1.165) is 44.5 Å². The van der Waals surface area contributed by atoms with Gasteiger partial charge in [-0.3, -0.25) is 0 Å². The third-order valence-corrected chi connectivity index (χ3v) is 6.39. The predicted molar refractivity (Wildman–Crippen MR) is 131 cm³/mol. The van der Waals surface area contributed by atoms with Crippen molar-refractivity contribution in [3.05, 3.63) is 106 Å². The molecule has 0 saturated heterocycles. The van der Waals surface area contributed by atoms with Gasteiger partial charge in [0.15, 0.2) is 0 Å². The minimum atomic E-state index is 0.762. The Hall–Kier alpha value is -3.62. The van der Waals surface area contributed by atoms with Crippen molar-refractivity contribution in [2.75, 3.05) is 10.6 Å². The number of rotatable bonds is 8. The summed E-state index contributed by atoms with van der Waals surface area (Å²) >= 11 is 3.15. The lowest BCUT2D eigenvalue weighted by Crippen LogP contribution is -1.91. The van der Waals surface area contributed by atoms with Crippen molar-refractivity contribution < 1.29 is 0 Å². The molecule has 2 aromatic heterocycles. The van der Waals surface area contributed by atoms with Gasteiger partial charge in [0.25, 0.3) is 0 Å². The van der Waals surface area contributed by atoms with Gasteiger partial charge < -0.3 is 10.6 Å². The van der Waals surface area contributed by atoms with Crippen LogP contribution in [0.3, 0.4) is 0 Å². The number of hydrogen-bond acceptors (Lipinski definition) is 8. The monoisotopic (exact) mass is 456 g/mol. The summed E-state index contributed by atoms with van der Waals surface area (Å²) in [5, 5.41) is 27.3. The second kappa shape index (κ2) is 9.67. The van der Waals surface area contributed by atoms with Gasteiger partial charge in [-0.15, -0.1) is 20.4 Å². The first-order valence-electron chi connectivity index (χ1n) is 10.2. The van der Waals surface area contributed by atoms with E-state index >= 15 is 0 Å². The van der Waals surface area contributed by atoms with Crippen molar-refractivity contribution in [3.8, 4) is 0 Å². The molecule has 0 aliphatic rings. The molecule has 6 nitrogen and oxygen atoms in total. The lowest BCUT2D eigenvalue weighted by Gasteiger charge is -2.02. The highest BCUT2D eigenvalue weighted by Crippen LogP contribution is 2.24. The number of aromatic nitrogens is 4. The SMILES string of the molecule is c1ccc(Nc2nnc(Cc3ccc(Cc4nnc(Nc5ccccc5)s4)cc3)s2)cc1. The second-order valence-corrected chi connectivity index (χ2v) is 9.28. The highest BCUT2D eigenvalue weighted by Gasteiger charge is 2.08. The predicted octanol–water partition coefficient (Wildman–Crippen LogP) is 6.06. The van der Waals surface area contributed by atoms with E-state index in [-0.39, 0.29) is 0 Å². The molecule has 0 spiro atoms. The fourth-order valence-corrected chi connectivity index (χ4v) is 4.75. The third-order valence-electron chi connectivity index (χ3n) is 4.72. The molecule has 0 aliphatic carbocycles. The van der Waals surface area contributed by atoms with Crippen molar-refractivity contribution in [2.45, 2.75) is 12.8 Å². The summed E-state index contributed by atoms with van der Waals surface area (Å²) < 4.78 is 0. The number of anilines is 4. The molecule has 158 valence electrons. The van der Waals surface area contributed by atoms with Gasteiger partial charge in [-0.05, 0) is 35.4 Å². The van der Waals surface area contributed by atoms with Crippen molar-refractivity contribution >= 4 is 44.3 Å². The standard InChI is InChI=1S/C24H20N6S2/c1-3-7-19(8-4-1)25-23-29-27-21(31-23)15-17-11-13-18(14-12-17)16-22-28-30-24(32-22)26-20-9-5-2-6-10-20/h1-14H,15-16H2,(H,25,29)(H,26,30). The topological polar surface area (TPSA) is 75.6 Å². The van der Waals surface area contributed by atoms with Crippen LogP contribution < -0.4 is 10.6 Å². The van der Waals surface area contributed by atoms with E-state index in [4.69, 9.17) is 0 Å². The molecule has 0 radical (unpaired) electrons. The van der Waals surface area contributed by atoms with Crippen LogP contribution in [0.25, 0.3) is 0 Å². The minimum Gasteiger partial charge on any atom is -0.330 e. The molecule has 5 rings (SSSR count). The maximum Gasteiger partial charge on any atom is 0.210 e. The summed E-state index contributed by atoms with van der Waals surface area (Å²) in [6, 6.07) is 28.6. The van der Waals surface area contributed by atoms with E-state index < -0.39 is 0 Å². The van der Waals surface area contributed by atoms with Crippen LogP contribution in [-0.2, 0) is 12.8 Å². The normalized spacial score (nSPS) is 10.8. The molecule has 2 N–H and O–H groups in total. The van der Waals surface area contributed by atoms with Crippen LogP contribution in [0.5, 0.6) is 0 Å². The van der Waals surface area contributed by atoms with Gasteiger partial charge in [-0.25, -0.2) is 0 Å². The number of hydrogen-bond donors (Lipinski definition) is 2. The Morgan fingerprint density at radius 1 is 0.500 bits per heavy atom. The number of nitrogens with zero attached hydrogens (tertiary/aromatic N) is 4. The lowest BCUT2D eigenvalue weighted by atomic mass is 10.1. The van der Waals surface area contributed by atoms with Gasteiger partial charge >= 0.3 is 0 Å². The molecule has 0 aliphatic heterocycles. The fraction of sp³-hybridized carbons (Fsp3) is 0.0833. The number of benzene rings is 3. The first-order chi connectivity index (χ1) is 15.8. The van der Waals surface area contributed by atoms with Crippen LogP contribution in [0.4, 0.5) is 21.6 Å². The smallest absolute Gasteiger partial charge is 0.210 e. The average Bonchev–Trinajstić information content (AvgIpc) is 3.46. The van der Waals surface area contributed by atoms with Crippen LogP contribution in [-0.4, -0.2) is 20.4 Å². The average molecular weight is 457 g/mol. The summed E-state index contributed by atoms with van der Waals surface area (Å²) in [4.78, 5) is 0. The van der Waals surface area contributed by atoms with Gasteiger partial charge in [0.1, 0.15) is 10.0 Å². The Morgan fingerprint density at radius 2 is 0.906 bits per heavy atom. The molecule has 2 heterocycles. The van der Waals surface area contributed by atoms with E-state index in [2.05, 4.69) is 55.3 Å². The zero-order valence-corrected chi connectivity index (χ0v) is 18.7. The van der Waals surface area contributed by atoms with E-state index in [0.29, 0.717) is 0 Å². The quantitative estimate of drug-likeness (QED) is 0.296. The molecule has 32 heavy (non-hydrogen) atoms. The molecule has 8 heteroatoms. The van der Waals surface area contributed by atoms with E-state index in [9.17, 15) is 0 Å². The molecule has 0 saturated carbocycles.